The van der Waals surface area contributed by atoms with E-state index in [0.29, 0.717) is 17.5 Å². The molecule has 0 saturated heterocycles. The molecule has 0 saturated carbocycles. The topological polar surface area (TPSA) is 76.4 Å². The fourth-order valence-electron chi connectivity index (χ4n) is 3.24. The number of nitrogens with one attached hydrogen (secondary N) is 1. The number of hydrogen-bond acceptors (Lipinski definition) is 4. The van der Waals surface area contributed by atoms with E-state index in [4.69, 9.17) is 27.9 Å². The molecule has 0 atom stereocenters. The van der Waals surface area contributed by atoms with Crippen LogP contribution in [0.3, 0.4) is 0 Å². The van der Waals surface area contributed by atoms with Crippen molar-refractivity contribution < 1.29 is 14.6 Å². The number of aromatic nitrogens is 2. The minimum atomic E-state index is -0.394. The number of phenols is 1. The second-order valence-electron chi connectivity index (χ2n) is 6.65. The van der Waals surface area contributed by atoms with Gasteiger partial charge in [0.25, 0.3) is 5.91 Å². The summed E-state index contributed by atoms with van der Waals surface area (Å²) in [6, 6.07) is 12.6. The van der Waals surface area contributed by atoms with Crippen LogP contribution in [0.1, 0.15) is 15.9 Å². The number of hydrogen-bond donors (Lipinski definition) is 2. The van der Waals surface area contributed by atoms with E-state index in [9.17, 15) is 9.90 Å². The monoisotopic (exact) mass is 441 g/mol. The van der Waals surface area contributed by atoms with Crippen molar-refractivity contribution in [3.8, 4) is 11.5 Å². The van der Waals surface area contributed by atoms with Crippen molar-refractivity contribution >= 4 is 45.7 Å². The number of halogens is 2. The summed E-state index contributed by atoms with van der Waals surface area (Å²) in [7, 11) is 1.62. The first kappa shape index (κ1) is 20.1. The highest BCUT2D eigenvalue weighted by atomic mass is 35.5. The van der Waals surface area contributed by atoms with E-state index < -0.39 is 5.91 Å². The Labute approximate surface area is 182 Å². The lowest BCUT2D eigenvalue weighted by Crippen LogP contribution is -2.12. The van der Waals surface area contributed by atoms with Gasteiger partial charge >= 0.3 is 0 Å². The molecule has 2 heterocycles. The van der Waals surface area contributed by atoms with Crippen LogP contribution in [0.25, 0.3) is 10.9 Å². The fraction of sp³-hybridized carbons (Fsp3) is 0.0909. The van der Waals surface area contributed by atoms with E-state index in [0.717, 1.165) is 16.8 Å². The van der Waals surface area contributed by atoms with Crippen molar-refractivity contribution in [3.63, 3.8) is 0 Å². The number of nitrogens with zero attached hydrogens (tertiary/aromatic N) is 2. The van der Waals surface area contributed by atoms with Gasteiger partial charge < -0.3 is 19.7 Å². The van der Waals surface area contributed by atoms with E-state index in [-0.39, 0.29) is 21.5 Å². The number of pyridine rings is 1. The van der Waals surface area contributed by atoms with Crippen molar-refractivity contribution in [3.05, 3.63) is 82.2 Å². The molecule has 2 aromatic heterocycles. The highest BCUT2D eigenvalue weighted by molar-refractivity contribution is 6.39. The Morgan fingerprint density at radius 1 is 1.13 bits per heavy atom. The first-order valence-corrected chi connectivity index (χ1v) is 9.77. The smallest absolute Gasteiger partial charge is 0.257 e. The summed E-state index contributed by atoms with van der Waals surface area (Å²) >= 11 is 12.2. The molecule has 0 aliphatic carbocycles. The zero-order valence-electron chi connectivity index (χ0n) is 15.9. The van der Waals surface area contributed by atoms with Gasteiger partial charge in [-0.25, -0.2) is 0 Å². The second-order valence-corrected chi connectivity index (χ2v) is 7.47. The highest BCUT2D eigenvalue weighted by Gasteiger charge is 2.18. The lowest BCUT2D eigenvalue weighted by atomic mass is 10.1. The van der Waals surface area contributed by atoms with Crippen molar-refractivity contribution in [1.29, 1.82) is 0 Å². The molecule has 2 N–H and O–H groups in total. The Morgan fingerprint density at radius 2 is 1.83 bits per heavy atom. The molecule has 0 bridgehead atoms. The van der Waals surface area contributed by atoms with Gasteiger partial charge in [0.1, 0.15) is 11.5 Å². The van der Waals surface area contributed by atoms with Gasteiger partial charge in [-0.1, -0.05) is 35.3 Å². The van der Waals surface area contributed by atoms with Gasteiger partial charge in [-0.2, -0.15) is 0 Å². The minimum Gasteiger partial charge on any atom is -0.508 e. The number of phenolic OH excluding ortho intramolecular Hbond substituents is 1. The van der Waals surface area contributed by atoms with Crippen LogP contribution in [0.15, 0.2) is 61.1 Å². The number of carbonyl (C=O) groups excluding carboxylic acids is 1. The number of benzene rings is 2. The largest absolute Gasteiger partial charge is 0.508 e. The van der Waals surface area contributed by atoms with Crippen molar-refractivity contribution in [2.75, 3.05) is 12.4 Å². The summed E-state index contributed by atoms with van der Waals surface area (Å²) in [5.41, 5.74) is 2.52. The van der Waals surface area contributed by atoms with Crippen molar-refractivity contribution in [2.45, 2.75) is 6.54 Å². The number of ether oxygens (including phenoxy) is 1. The zero-order chi connectivity index (χ0) is 21.3. The van der Waals surface area contributed by atoms with Gasteiger partial charge in [0.15, 0.2) is 0 Å². The van der Waals surface area contributed by atoms with Gasteiger partial charge in [-0.15, -0.1) is 0 Å². The summed E-state index contributed by atoms with van der Waals surface area (Å²) in [4.78, 5) is 16.9. The van der Waals surface area contributed by atoms with Crippen LogP contribution < -0.4 is 10.1 Å². The van der Waals surface area contributed by atoms with Crippen LogP contribution >= 0.6 is 23.2 Å². The van der Waals surface area contributed by atoms with Gasteiger partial charge in [-0.3, -0.25) is 9.78 Å². The third-order valence-electron chi connectivity index (χ3n) is 4.71. The summed E-state index contributed by atoms with van der Waals surface area (Å²) in [6.07, 6.45) is 4.55. The highest BCUT2D eigenvalue weighted by Crippen LogP contribution is 2.31. The van der Waals surface area contributed by atoms with Crippen LogP contribution in [-0.2, 0) is 6.54 Å². The zero-order valence-corrected chi connectivity index (χ0v) is 17.4. The Hall–Kier alpha value is -3.22. The second kappa shape index (κ2) is 8.26. The van der Waals surface area contributed by atoms with E-state index in [1.807, 2.05) is 28.8 Å². The predicted molar refractivity (Wildman–Crippen MR) is 118 cm³/mol. The molecule has 1 amide bonds. The minimum absolute atomic E-state index is 0.0683. The molecule has 0 aliphatic rings. The van der Waals surface area contributed by atoms with Crippen molar-refractivity contribution in [1.82, 2.24) is 9.55 Å². The average molecular weight is 442 g/mol. The first-order chi connectivity index (χ1) is 14.5. The number of amides is 1. The summed E-state index contributed by atoms with van der Waals surface area (Å²) in [5, 5.41) is 13.8. The fourth-order valence-corrected chi connectivity index (χ4v) is 3.70. The number of carbonyl (C=O) groups is 1. The molecule has 4 aromatic rings. The van der Waals surface area contributed by atoms with Gasteiger partial charge in [0.2, 0.25) is 0 Å². The van der Waals surface area contributed by atoms with E-state index in [2.05, 4.69) is 10.3 Å². The predicted octanol–water partition coefficient (Wildman–Crippen LogP) is 5.36. The molecule has 0 aliphatic heterocycles. The SMILES string of the molecule is COc1ccc(Cn2cc(C(=O)Nc3c(Cl)cncc3Cl)c3cc(O)ccc32)cc1. The molecule has 0 radical (unpaired) electrons. The molecular formula is C22H17Cl2N3O3. The van der Waals surface area contributed by atoms with Crippen LogP contribution in [0, 0.1) is 0 Å². The number of anilines is 1. The van der Waals surface area contributed by atoms with Crippen LogP contribution in [0.2, 0.25) is 10.0 Å². The quantitative estimate of drug-likeness (QED) is 0.437. The molecule has 6 nitrogen and oxygen atoms in total. The Balaban J connectivity index is 1.72. The van der Waals surface area contributed by atoms with Crippen LogP contribution in [0.4, 0.5) is 5.69 Å². The first-order valence-electron chi connectivity index (χ1n) is 9.01. The normalized spacial score (nSPS) is 10.9. The lowest BCUT2D eigenvalue weighted by molar-refractivity contribution is 0.102. The third-order valence-corrected chi connectivity index (χ3v) is 5.29. The van der Waals surface area contributed by atoms with Crippen LogP contribution in [-0.4, -0.2) is 27.7 Å². The molecule has 2 aromatic carbocycles. The van der Waals surface area contributed by atoms with Gasteiger partial charge in [-0.05, 0) is 35.9 Å². The number of fused-ring (bicyclic) bond motifs is 1. The maximum atomic E-state index is 13.0. The maximum Gasteiger partial charge on any atom is 0.257 e. The van der Waals surface area contributed by atoms with E-state index in [1.165, 1.54) is 12.4 Å². The molecule has 0 spiro atoms. The van der Waals surface area contributed by atoms with Crippen LogP contribution in [0.5, 0.6) is 11.5 Å². The molecule has 30 heavy (non-hydrogen) atoms. The standard InChI is InChI=1S/C22H17Cl2N3O3/c1-30-15-5-2-13(3-6-15)11-27-12-17(16-8-14(28)4-7-20(16)27)22(29)26-21-18(23)9-25-10-19(21)24/h2-10,12,28H,11H2,1H3,(H,25,26,29). The third kappa shape index (κ3) is 3.92. The maximum absolute atomic E-state index is 13.0. The molecule has 0 unspecified atom stereocenters. The molecule has 8 heteroatoms. The van der Waals surface area contributed by atoms with Crippen molar-refractivity contribution in [2.24, 2.45) is 0 Å². The number of aromatic hydroxyl groups is 1. The Morgan fingerprint density at radius 3 is 2.50 bits per heavy atom. The Bertz CT molecular complexity index is 1220. The summed E-state index contributed by atoms with van der Waals surface area (Å²) in [6.45, 7) is 0.537. The van der Waals surface area contributed by atoms with E-state index in [1.54, 1.807) is 31.5 Å². The van der Waals surface area contributed by atoms with Gasteiger partial charge in [0, 0.05) is 36.0 Å². The lowest BCUT2D eigenvalue weighted by Gasteiger charge is -2.08. The summed E-state index contributed by atoms with van der Waals surface area (Å²) < 4.78 is 7.15. The number of methoxy groups -OCH3 is 1. The molecule has 4 rings (SSSR count). The molecule has 0 fully saturated rings. The Kier molecular flexibility index (Phi) is 5.53. The summed E-state index contributed by atoms with van der Waals surface area (Å²) in [5.74, 6) is 0.444. The number of rotatable bonds is 5. The molecule has 152 valence electrons. The van der Waals surface area contributed by atoms with E-state index >= 15 is 0 Å². The molecular weight excluding hydrogens is 425 g/mol. The van der Waals surface area contributed by atoms with Gasteiger partial charge in [0.05, 0.1) is 28.4 Å². The average Bonchev–Trinajstić information content (AvgIpc) is 3.09.